The molecule has 0 aliphatic rings. The molecule has 0 fully saturated rings. The molecule has 0 atom stereocenters. The van der Waals surface area contributed by atoms with Gasteiger partial charge in [-0.3, -0.25) is 0 Å². The molecule has 0 saturated heterocycles. The van der Waals surface area contributed by atoms with Crippen molar-refractivity contribution in [3.63, 3.8) is 0 Å². The summed E-state index contributed by atoms with van der Waals surface area (Å²) >= 11 is 0. The first-order valence-electron chi connectivity index (χ1n) is 5.16. The van der Waals surface area contributed by atoms with Crippen molar-refractivity contribution >= 4 is 0 Å². The Balaban J connectivity index is 2.48. The van der Waals surface area contributed by atoms with Gasteiger partial charge in [-0.05, 0) is 30.7 Å². The summed E-state index contributed by atoms with van der Waals surface area (Å²) in [7, 11) is 0. The Hall–Kier alpha value is -1.82. The molecule has 1 heterocycles. The second-order valence-electron chi connectivity index (χ2n) is 3.92. The zero-order valence-corrected chi connectivity index (χ0v) is 9.45. The highest BCUT2D eigenvalue weighted by Gasteiger charge is 2.31. The summed E-state index contributed by atoms with van der Waals surface area (Å²) < 4.78 is 42.7. The van der Waals surface area contributed by atoms with Crippen LogP contribution in [0.4, 0.5) is 13.2 Å². The highest BCUT2D eigenvalue weighted by atomic mass is 19.4. The largest absolute Gasteiger partial charge is 0.416 e. The fourth-order valence-electron chi connectivity index (χ4n) is 1.62. The average Bonchev–Trinajstić information content (AvgIpc) is 2.75. The quantitative estimate of drug-likeness (QED) is 0.898. The molecule has 3 nitrogen and oxygen atoms in total. The molecule has 2 aromatic rings. The van der Waals surface area contributed by atoms with Crippen molar-refractivity contribution < 1.29 is 22.8 Å². The Morgan fingerprint density at radius 1 is 1.22 bits per heavy atom. The van der Waals surface area contributed by atoms with E-state index < -0.39 is 11.7 Å². The third-order valence-electron chi connectivity index (χ3n) is 2.42. The van der Waals surface area contributed by atoms with Gasteiger partial charge < -0.3 is 9.63 Å². The molecule has 0 radical (unpaired) electrons. The third-order valence-corrected chi connectivity index (χ3v) is 2.42. The smallest absolute Gasteiger partial charge is 0.388 e. The van der Waals surface area contributed by atoms with Crippen molar-refractivity contribution in [1.29, 1.82) is 0 Å². The van der Waals surface area contributed by atoms with Crippen molar-refractivity contribution in [2.75, 3.05) is 0 Å². The van der Waals surface area contributed by atoms with Crippen molar-refractivity contribution in [3.05, 3.63) is 41.2 Å². The predicted molar refractivity (Wildman–Crippen MR) is 57.6 cm³/mol. The molecule has 1 aromatic heterocycles. The molecular weight excluding hydrogens is 247 g/mol. The lowest BCUT2D eigenvalue weighted by Crippen LogP contribution is -2.05. The summed E-state index contributed by atoms with van der Waals surface area (Å²) in [6.45, 7) is 1.23. The number of hydrogen-bond donors (Lipinski definition) is 1. The lowest BCUT2D eigenvalue weighted by Gasteiger charge is -2.09. The molecule has 6 heteroatoms. The van der Waals surface area contributed by atoms with Crippen LogP contribution < -0.4 is 0 Å². The lowest BCUT2D eigenvalue weighted by atomic mass is 10.0. The summed E-state index contributed by atoms with van der Waals surface area (Å²) in [6.07, 6.45) is -4.40. The Bertz CT molecular complexity index is 561. The van der Waals surface area contributed by atoms with Gasteiger partial charge in [0.1, 0.15) is 12.3 Å². The van der Waals surface area contributed by atoms with Crippen molar-refractivity contribution in [1.82, 2.24) is 5.16 Å². The van der Waals surface area contributed by atoms with Gasteiger partial charge in [0.25, 0.3) is 0 Å². The molecule has 0 unspecified atom stereocenters. The summed E-state index contributed by atoms with van der Waals surface area (Å²) in [6, 6.07) is 5.06. The molecular formula is C12H10F3NO2. The van der Waals surface area contributed by atoms with Crippen molar-refractivity contribution in [2.45, 2.75) is 19.7 Å². The molecule has 2 rings (SSSR count). The number of nitrogens with zero attached hydrogens (tertiary/aromatic N) is 1. The van der Waals surface area contributed by atoms with Crippen LogP contribution in [0.1, 0.15) is 16.9 Å². The highest BCUT2D eigenvalue weighted by Crippen LogP contribution is 2.33. The maximum atomic E-state index is 12.7. The molecule has 96 valence electrons. The predicted octanol–water partition coefficient (Wildman–Crippen LogP) is 3.16. The number of aliphatic hydroxyl groups is 1. The molecule has 0 spiro atoms. The Kier molecular flexibility index (Phi) is 3.13. The van der Waals surface area contributed by atoms with Crippen LogP contribution in [-0.4, -0.2) is 10.3 Å². The zero-order chi connectivity index (χ0) is 13.3. The van der Waals surface area contributed by atoms with Gasteiger partial charge in [0.2, 0.25) is 0 Å². The van der Waals surface area contributed by atoms with Crippen molar-refractivity contribution in [2.24, 2.45) is 0 Å². The second-order valence-corrected chi connectivity index (χ2v) is 3.92. The van der Waals surface area contributed by atoms with E-state index in [9.17, 15) is 13.2 Å². The first kappa shape index (κ1) is 12.6. The van der Waals surface area contributed by atoms with Gasteiger partial charge >= 0.3 is 6.18 Å². The Labute approximate surface area is 101 Å². The standard InChI is InChI=1S/C12H10F3NO2/c1-7-2-8(4-9(3-7)12(13,14)15)11-5-10(6-17)18-16-11/h2-5,17H,6H2,1H3. The number of aryl methyl sites for hydroxylation is 1. The van der Waals surface area contributed by atoms with Gasteiger partial charge in [-0.15, -0.1) is 0 Å². The van der Waals surface area contributed by atoms with Gasteiger partial charge in [-0.2, -0.15) is 13.2 Å². The van der Waals surface area contributed by atoms with Gasteiger partial charge in [0.15, 0.2) is 5.76 Å². The summed E-state index contributed by atoms with van der Waals surface area (Å²) in [5.41, 5.74) is 0.332. The topological polar surface area (TPSA) is 46.3 Å². The lowest BCUT2D eigenvalue weighted by molar-refractivity contribution is -0.137. The van der Waals surface area contributed by atoms with E-state index in [4.69, 9.17) is 9.63 Å². The third kappa shape index (κ3) is 2.53. The van der Waals surface area contributed by atoms with E-state index in [-0.39, 0.29) is 18.1 Å². The number of benzene rings is 1. The van der Waals surface area contributed by atoms with E-state index in [0.29, 0.717) is 11.1 Å². The molecule has 0 bridgehead atoms. The van der Waals surface area contributed by atoms with Crippen LogP contribution in [0.15, 0.2) is 28.8 Å². The van der Waals surface area contributed by atoms with E-state index in [0.717, 1.165) is 12.1 Å². The minimum Gasteiger partial charge on any atom is -0.388 e. The molecule has 0 aliphatic heterocycles. The molecule has 0 amide bonds. The van der Waals surface area contributed by atoms with Gasteiger partial charge in [-0.1, -0.05) is 5.16 Å². The molecule has 18 heavy (non-hydrogen) atoms. The Morgan fingerprint density at radius 2 is 1.94 bits per heavy atom. The molecule has 0 saturated carbocycles. The maximum Gasteiger partial charge on any atom is 0.416 e. The first-order chi connectivity index (χ1) is 8.40. The van der Waals surface area contributed by atoms with Gasteiger partial charge in [0, 0.05) is 11.6 Å². The van der Waals surface area contributed by atoms with E-state index in [1.807, 2.05) is 0 Å². The maximum absolute atomic E-state index is 12.7. The average molecular weight is 257 g/mol. The zero-order valence-electron chi connectivity index (χ0n) is 9.45. The number of hydrogen-bond acceptors (Lipinski definition) is 3. The highest BCUT2D eigenvalue weighted by molar-refractivity contribution is 5.61. The number of halogens is 3. The van der Waals surface area contributed by atoms with Crippen LogP contribution in [0, 0.1) is 6.92 Å². The number of alkyl halides is 3. The monoisotopic (exact) mass is 257 g/mol. The summed E-state index contributed by atoms with van der Waals surface area (Å²) in [5, 5.41) is 12.4. The Morgan fingerprint density at radius 3 is 2.50 bits per heavy atom. The van der Waals surface area contributed by atoms with Gasteiger partial charge in [0.05, 0.1) is 5.56 Å². The van der Waals surface area contributed by atoms with Crippen LogP contribution in [0.3, 0.4) is 0 Å². The summed E-state index contributed by atoms with van der Waals surface area (Å²) in [5.74, 6) is 0.208. The molecule has 0 aliphatic carbocycles. The van der Waals surface area contributed by atoms with E-state index in [1.54, 1.807) is 13.0 Å². The fraction of sp³-hybridized carbons (Fsp3) is 0.250. The van der Waals surface area contributed by atoms with Crippen molar-refractivity contribution in [3.8, 4) is 11.3 Å². The minimum atomic E-state index is -4.40. The number of aliphatic hydroxyl groups excluding tert-OH is 1. The van der Waals surface area contributed by atoms with E-state index >= 15 is 0 Å². The van der Waals surface area contributed by atoms with Crippen LogP contribution in [0.25, 0.3) is 11.3 Å². The van der Waals surface area contributed by atoms with E-state index in [2.05, 4.69) is 5.16 Å². The molecule has 1 N–H and O–H groups in total. The summed E-state index contributed by atoms with van der Waals surface area (Å²) in [4.78, 5) is 0. The molecule has 1 aromatic carbocycles. The minimum absolute atomic E-state index is 0.208. The van der Waals surface area contributed by atoms with Gasteiger partial charge in [-0.25, -0.2) is 0 Å². The SMILES string of the molecule is Cc1cc(-c2cc(CO)on2)cc(C(F)(F)F)c1. The van der Waals surface area contributed by atoms with Crippen LogP contribution in [0.5, 0.6) is 0 Å². The van der Waals surface area contributed by atoms with Crippen LogP contribution >= 0.6 is 0 Å². The second kappa shape index (κ2) is 4.45. The number of aromatic nitrogens is 1. The normalized spacial score (nSPS) is 11.8. The van der Waals surface area contributed by atoms with Crippen LogP contribution in [-0.2, 0) is 12.8 Å². The first-order valence-corrected chi connectivity index (χ1v) is 5.16. The number of rotatable bonds is 2. The van der Waals surface area contributed by atoms with Crippen LogP contribution in [0.2, 0.25) is 0 Å². The fourth-order valence-corrected chi connectivity index (χ4v) is 1.62. The van der Waals surface area contributed by atoms with E-state index in [1.165, 1.54) is 6.07 Å².